The molecule has 0 atom stereocenters. The highest BCUT2D eigenvalue weighted by molar-refractivity contribution is 7.90. The quantitative estimate of drug-likeness (QED) is 0.887. The molecule has 0 amide bonds. The van der Waals surface area contributed by atoms with Crippen LogP contribution in [-0.4, -0.2) is 19.7 Å². The standard InChI is InChI=1S/C11H12N2O3S/c1-17(14,15)9-4-2-3-8(5-9)11-10(6-12)13-7-16-11/h2-5,7H,6,12H2,1H3. The molecule has 2 aromatic rings. The fraction of sp³-hybridized carbons (Fsp3) is 0.182. The van der Waals surface area contributed by atoms with Gasteiger partial charge in [0, 0.05) is 18.4 Å². The third-order valence-electron chi connectivity index (χ3n) is 2.36. The van der Waals surface area contributed by atoms with Crippen LogP contribution in [0.25, 0.3) is 11.3 Å². The van der Waals surface area contributed by atoms with Crippen LogP contribution in [0, 0.1) is 0 Å². The molecule has 0 saturated carbocycles. The number of rotatable bonds is 3. The maximum absolute atomic E-state index is 11.4. The van der Waals surface area contributed by atoms with Crippen molar-refractivity contribution in [1.82, 2.24) is 4.98 Å². The van der Waals surface area contributed by atoms with Crippen LogP contribution in [0.15, 0.2) is 40.0 Å². The van der Waals surface area contributed by atoms with E-state index >= 15 is 0 Å². The molecule has 0 bridgehead atoms. The fourth-order valence-corrected chi connectivity index (χ4v) is 2.18. The van der Waals surface area contributed by atoms with E-state index in [4.69, 9.17) is 10.2 Å². The first-order chi connectivity index (χ1) is 8.02. The number of oxazole rings is 1. The normalized spacial score (nSPS) is 11.6. The molecule has 0 aliphatic rings. The van der Waals surface area contributed by atoms with Gasteiger partial charge in [-0.15, -0.1) is 0 Å². The number of nitrogens with zero attached hydrogens (tertiary/aromatic N) is 1. The van der Waals surface area contributed by atoms with E-state index in [2.05, 4.69) is 4.98 Å². The Morgan fingerprint density at radius 3 is 2.82 bits per heavy atom. The third-order valence-corrected chi connectivity index (χ3v) is 3.47. The van der Waals surface area contributed by atoms with Crippen molar-refractivity contribution in [2.75, 3.05) is 6.26 Å². The summed E-state index contributed by atoms with van der Waals surface area (Å²) in [6, 6.07) is 6.51. The van der Waals surface area contributed by atoms with Crippen LogP contribution >= 0.6 is 0 Å². The topological polar surface area (TPSA) is 86.2 Å². The van der Waals surface area contributed by atoms with Gasteiger partial charge in [0.2, 0.25) is 0 Å². The molecule has 0 aliphatic carbocycles. The molecule has 0 unspecified atom stereocenters. The average molecular weight is 252 g/mol. The molecule has 1 aromatic carbocycles. The van der Waals surface area contributed by atoms with Gasteiger partial charge in [0.15, 0.2) is 22.0 Å². The summed E-state index contributed by atoms with van der Waals surface area (Å²) >= 11 is 0. The van der Waals surface area contributed by atoms with E-state index in [0.29, 0.717) is 17.0 Å². The molecule has 2 N–H and O–H groups in total. The second kappa shape index (κ2) is 4.31. The lowest BCUT2D eigenvalue weighted by Gasteiger charge is -2.02. The molecule has 2 rings (SSSR count). The van der Waals surface area contributed by atoms with Gasteiger partial charge in [-0.3, -0.25) is 0 Å². The molecule has 17 heavy (non-hydrogen) atoms. The van der Waals surface area contributed by atoms with Crippen molar-refractivity contribution in [1.29, 1.82) is 0 Å². The molecular formula is C11H12N2O3S. The van der Waals surface area contributed by atoms with E-state index in [1.165, 1.54) is 12.5 Å². The van der Waals surface area contributed by atoms with Crippen molar-refractivity contribution in [3.05, 3.63) is 36.4 Å². The van der Waals surface area contributed by atoms with Crippen molar-refractivity contribution < 1.29 is 12.8 Å². The van der Waals surface area contributed by atoms with Crippen LogP contribution in [-0.2, 0) is 16.4 Å². The van der Waals surface area contributed by atoms with E-state index in [9.17, 15) is 8.42 Å². The van der Waals surface area contributed by atoms with Crippen molar-refractivity contribution >= 4 is 9.84 Å². The maximum atomic E-state index is 11.4. The summed E-state index contributed by atoms with van der Waals surface area (Å²) < 4.78 is 28.1. The van der Waals surface area contributed by atoms with Crippen LogP contribution in [0.1, 0.15) is 5.69 Å². The number of benzene rings is 1. The molecule has 6 heteroatoms. The molecule has 5 nitrogen and oxygen atoms in total. The van der Waals surface area contributed by atoms with E-state index in [1.807, 2.05) is 0 Å². The molecule has 0 radical (unpaired) electrons. The minimum absolute atomic E-state index is 0.245. The van der Waals surface area contributed by atoms with Crippen LogP contribution < -0.4 is 5.73 Å². The van der Waals surface area contributed by atoms with Gasteiger partial charge in [-0.25, -0.2) is 13.4 Å². The molecular weight excluding hydrogens is 240 g/mol. The molecule has 1 heterocycles. The van der Waals surface area contributed by atoms with Crippen LogP contribution in [0.2, 0.25) is 0 Å². The zero-order valence-corrected chi connectivity index (χ0v) is 10.1. The SMILES string of the molecule is CS(=O)(=O)c1cccc(-c2ocnc2CN)c1. The monoisotopic (exact) mass is 252 g/mol. The second-order valence-electron chi connectivity index (χ2n) is 3.63. The van der Waals surface area contributed by atoms with Gasteiger partial charge < -0.3 is 10.2 Å². The molecule has 90 valence electrons. The van der Waals surface area contributed by atoms with Crippen molar-refractivity contribution in [3.63, 3.8) is 0 Å². The Bertz CT molecular complexity index is 632. The minimum Gasteiger partial charge on any atom is -0.443 e. The highest BCUT2D eigenvalue weighted by Crippen LogP contribution is 2.25. The number of nitrogens with two attached hydrogens (primary N) is 1. The highest BCUT2D eigenvalue weighted by atomic mass is 32.2. The maximum Gasteiger partial charge on any atom is 0.181 e. The summed E-state index contributed by atoms with van der Waals surface area (Å²) in [5.41, 5.74) is 6.78. The summed E-state index contributed by atoms with van der Waals surface area (Å²) in [5, 5.41) is 0. The average Bonchev–Trinajstić information content (AvgIpc) is 2.76. The molecule has 0 saturated heterocycles. The largest absolute Gasteiger partial charge is 0.443 e. The van der Waals surface area contributed by atoms with Gasteiger partial charge in [-0.05, 0) is 12.1 Å². The van der Waals surface area contributed by atoms with Crippen molar-refractivity contribution in [2.45, 2.75) is 11.4 Å². The third kappa shape index (κ3) is 2.37. The Morgan fingerprint density at radius 1 is 1.41 bits per heavy atom. The lowest BCUT2D eigenvalue weighted by Crippen LogP contribution is -1.99. The molecule has 1 aromatic heterocycles. The fourth-order valence-electron chi connectivity index (χ4n) is 1.52. The summed E-state index contributed by atoms with van der Waals surface area (Å²) in [4.78, 5) is 4.21. The Kier molecular flexibility index (Phi) is 2.99. The second-order valence-corrected chi connectivity index (χ2v) is 5.65. The zero-order chi connectivity index (χ0) is 12.5. The predicted molar refractivity (Wildman–Crippen MR) is 62.9 cm³/mol. The number of hydrogen-bond acceptors (Lipinski definition) is 5. The van der Waals surface area contributed by atoms with Crippen molar-refractivity contribution in [3.8, 4) is 11.3 Å². The van der Waals surface area contributed by atoms with Crippen LogP contribution in [0.4, 0.5) is 0 Å². The Morgan fingerprint density at radius 2 is 2.18 bits per heavy atom. The molecule has 0 aliphatic heterocycles. The van der Waals surface area contributed by atoms with Gasteiger partial charge >= 0.3 is 0 Å². The van der Waals surface area contributed by atoms with Gasteiger partial charge in [-0.2, -0.15) is 0 Å². The van der Waals surface area contributed by atoms with Crippen molar-refractivity contribution in [2.24, 2.45) is 5.73 Å². The zero-order valence-electron chi connectivity index (χ0n) is 9.25. The number of sulfone groups is 1. The Labute approximate surface area is 99.2 Å². The van der Waals surface area contributed by atoms with E-state index in [0.717, 1.165) is 6.26 Å². The summed E-state index contributed by atoms with van der Waals surface area (Å²) in [6.07, 6.45) is 2.46. The summed E-state index contributed by atoms with van der Waals surface area (Å²) in [5.74, 6) is 0.512. The smallest absolute Gasteiger partial charge is 0.181 e. The predicted octanol–water partition coefficient (Wildman–Crippen LogP) is 1.20. The first-order valence-corrected chi connectivity index (χ1v) is 6.84. The van der Waals surface area contributed by atoms with Crippen LogP contribution in [0.5, 0.6) is 0 Å². The highest BCUT2D eigenvalue weighted by Gasteiger charge is 2.13. The lowest BCUT2D eigenvalue weighted by atomic mass is 10.1. The van der Waals surface area contributed by atoms with Gasteiger partial charge in [0.05, 0.1) is 4.90 Å². The van der Waals surface area contributed by atoms with Crippen LogP contribution in [0.3, 0.4) is 0 Å². The van der Waals surface area contributed by atoms with Gasteiger partial charge in [0.1, 0.15) is 5.69 Å². The summed E-state index contributed by atoms with van der Waals surface area (Å²) in [7, 11) is -3.23. The summed E-state index contributed by atoms with van der Waals surface area (Å²) in [6.45, 7) is 0.245. The van der Waals surface area contributed by atoms with Gasteiger partial charge in [0.25, 0.3) is 0 Å². The minimum atomic E-state index is -3.23. The first kappa shape index (κ1) is 11.8. The lowest BCUT2D eigenvalue weighted by molar-refractivity contribution is 0.570. The Balaban J connectivity index is 2.55. The molecule has 0 fully saturated rings. The Hall–Kier alpha value is -1.66. The first-order valence-electron chi connectivity index (χ1n) is 4.95. The molecule has 0 spiro atoms. The van der Waals surface area contributed by atoms with E-state index < -0.39 is 9.84 Å². The number of aromatic nitrogens is 1. The van der Waals surface area contributed by atoms with Gasteiger partial charge in [-0.1, -0.05) is 12.1 Å². The number of hydrogen-bond donors (Lipinski definition) is 1. The van der Waals surface area contributed by atoms with E-state index in [-0.39, 0.29) is 11.4 Å². The van der Waals surface area contributed by atoms with E-state index in [1.54, 1.807) is 18.2 Å².